The van der Waals surface area contributed by atoms with Crippen LogP contribution in [-0.4, -0.2) is 41.0 Å². The van der Waals surface area contributed by atoms with Crippen molar-refractivity contribution in [2.45, 2.75) is 32.7 Å². The Kier molecular flexibility index (Phi) is 5.65. The molecule has 0 aliphatic heterocycles. The summed E-state index contributed by atoms with van der Waals surface area (Å²) in [7, 11) is 4.27. The van der Waals surface area contributed by atoms with Crippen molar-refractivity contribution in [1.29, 1.82) is 0 Å². The minimum Gasteiger partial charge on any atom is -0.324 e. The minimum atomic E-state index is 0.436. The second-order valence-electron chi connectivity index (χ2n) is 6.37. The number of likely N-dealkylation sites (N-methyl/N-ethyl adjacent to an activating group) is 1. The van der Waals surface area contributed by atoms with E-state index in [2.05, 4.69) is 55.6 Å². The quantitative estimate of drug-likeness (QED) is 0.722. The lowest BCUT2D eigenvalue weighted by Gasteiger charge is -2.26. The van der Waals surface area contributed by atoms with Gasteiger partial charge < -0.3 is 9.47 Å². The van der Waals surface area contributed by atoms with Crippen LogP contribution in [0.1, 0.15) is 32.1 Å². The maximum Gasteiger partial charge on any atom is 0.111 e. The van der Waals surface area contributed by atoms with Crippen LogP contribution in [0.25, 0.3) is 11.0 Å². The van der Waals surface area contributed by atoms with Crippen LogP contribution < -0.4 is 0 Å². The standard InChI is InChI=1S/C17H26ClN3/c1-13(2)11-14(12-20(3)4)21-16-8-6-5-7-15(16)19-17(21)9-10-18/h5-8,13-14H,9-12H2,1-4H3. The average molecular weight is 308 g/mol. The first-order valence-corrected chi connectivity index (χ1v) is 8.23. The first-order chi connectivity index (χ1) is 10.0. The SMILES string of the molecule is CC(C)CC(CN(C)C)n1c(CCCl)nc2ccccc21. The fraction of sp³-hybridized carbons (Fsp3) is 0.588. The van der Waals surface area contributed by atoms with E-state index in [1.54, 1.807) is 0 Å². The predicted octanol–water partition coefficient (Wildman–Crippen LogP) is 3.97. The highest BCUT2D eigenvalue weighted by atomic mass is 35.5. The Hall–Kier alpha value is -1.06. The molecule has 0 aliphatic rings. The summed E-state index contributed by atoms with van der Waals surface area (Å²) in [5.41, 5.74) is 2.30. The molecule has 0 fully saturated rings. The van der Waals surface area contributed by atoms with Crippen LogP contribution in [0.15, 0.2) is 24.3 Å². The van der Waals surface area contributed by atoms with Crippen molar-refractivity contribution >= 4 is 22.6 Å². The van der Waals surface area contributed by atoms with Gasteiger partial charge in [0, 0.05) is 24.9 Å². The number of alkyl halides is 1. The predicted molar refractivity (Wildman–Crippen MR) is 91.2 cm³/mol. The summed E-state index contributed by atoms with van der Waals surface area (Å²) in [6.45, 7) is 5.58. The van der Waals surface area contributed by atoms with Crippen LogP contribution in [0.4, 0.5) is 0 Å². The normalized spacial score (nSPS) is 13.5. The van der Waals surface area contributed by atoms with Gasteiger partial charge in [0.15, 0.2) is 0 Å². The third kappa shape index (κ3) is 3.98. The molecule has 3 nitrogen and oxygen atoms in total. The Morgan fingerprint density at radius 2 is 1.95 bits per heavy atom. The molecule has 0 N–H and O–H groups in total. The molecule has 0 bridgehead atoms. The number of nitrogens with zero attached hydrogens (tertiary/aromatic N) is 3. The molecule has 0 aliphatic carbocycles. The Morgan fingerprint density at radius 1 is 1.24 bits per heavy atom. The molecule has 0 amide bonds. The molecule has 1 heterocycles. The lowest BCUT2D eigenvalue weighted by Crippen LogP contribution is -2.27. The third-order valence-electron chi connectivity index (χ3n) is 3.67. The fourth-order valence-corrected chi connectivity index (χ4v) is 3.16. The summed E-state index contributed by atoms with van der Waals surface area (Å²) in [5, 5.41) is 0. The number of hydrogen-bond donors (Lipinski definition) is 0. The third-order valence-corrected chi connectivity index (χ3v) is 3.86. The van der Waals surface area contributed by atoms with Crippen molar-refractivity contribution in [2.75, 3.05) is 26.5 Å². The molecule has 1 atom stereocenters. The zero-order valence-corrected chi connectivity index (χ0v) is 14.3. The molecule has 2 rings (SSSR count). The monoisotopic (exact) mass is 307 g/mol. The maximum atomic E-state index is 5.99. The molecule has 2 aromatic rings. The van der Waals surface area contributed by atoms with Gasteiger partial charge in [0.05, 0.1) is 11.0 Å². The average Bonchev–Trinajstić information content (AvgIpc) is 2.75. The summed E-state index contributed by atoms with van der Waals surface area (Å²) in [6.07, 6.45) is 1.96. The van der Waals surface area contributed by atoms with Crippen molar-refractivity contribution in [2.24, 2.45) is 5.92 Å². The van der Waals surface area contributed by atoms with E-state index < -0.39 is 0 Å². The zero-order valence-electron chi connectivity index (χ0n) is 13.5. The zero-order chi connectivity index (χ0) is 15.4. The van der Waals surface area contributed by atoms with E-state index >= 15 is 0 Å². The lowest BCUT2D eigenvalue weighted by molar-refractivity contribution is 0.289. The molecule has 0 radical (unpaired) electrons. The number of hydrogen-bond acceptors (Lipinski definition) is 2. The van der Waals surface area contributed by atoms with Gasteiger partial charge in [-0.3, -0.25) is 0 Å². The number of halogens is 1. The molecule has 4 heteroatoms. The van der Waals surface area contributed by atoms with Crippen molar-refractivity contribution in [1.82, 2.24) is 14.5 Å². The topological polar surface area (TPSA) is 21.1 Å². The van der Waals surface area contributed by atoms with Crippen LogP contribution in [0, 0.1) is 5.92 Å². The van der Waals surface area contributed by atoms with Gasteiger partial charge in [0.2, 0.25) is 0 Å². The second kappa shape index (κ2) is 7.28. The van der Waals surface area contributed by atoms with E-state index in [-0.39, 0.29) is 0 Å². The van der Waals surface area contributed by atoms with Crippen molar-refractivity contribution in [3.8, 4) is 0 Å². The number of rotatable bonds is 7. The molecule has 21 heavy (non-hydrogen) atoms. The Bertz CT molecular complexity index is 564. The summed E-state index contributed by atoms with van der Waals surface area (Å²) >= 11 is 5.99. The first kappa shape index (κ1) is 16.3. The largest absolute Gasteiger partial charge is 0.324 e. The summed E-state index contributed by atoms with van der Waals surface area (Å²) in [6, 6.07) is 8.83. The van der Waals surface area contributed by atoms with E-state index in [1.165, 1.54) is 5.52 Å². The highest BCUT2D eigenvalue weighted by Crippen LogP contribution is 2.26. The van der Waals surface area contributed by atoms with Crippen molar-refractivity contribution in [3.05, 3.63) is 30.1 Å². The summed E-state index contributed by atoms with van der Waals surface area (Å²) < 4.78 is 2.41. The molecular weight excluding hydrogens is 282 g/mol. The van der Waals surface area contributed by atoms with Crippen LogP contribution in [0.2, 0.25) is 0 Å². The molecule has 0 saturated carbocycles. The molecule has 0 spiro atoms. The van der Waals surface area contributed by atoms with E-state index in [0.29, 0.717) is 17.8 Å². The van der Waals surface area contributed by atoms with Crippen molar-refractivity contribution in [3.63, 3.8) is 0 Å². The van der Waals surface area contributed by atoms with Crippen LogP contribution >= 0.6 is 11.6 Å². The lowest BCUT2D eigenvalue weighted by atomic mass is 10.0. The molecule has 1 unspecified atom stereocenters. The number of para-hydroxylation sites is 2. The number of fused-ring (bicyclic) bond motifs is 1. The summed E-state index contributed by atoms with van der Waals surface area (Å²) in [4.78, 5) is 7.05. The van der Waals surface area contributed by atoms with E-state index in [4.69, 9.17) is 16.6 Å². The first-order valence-electron chi connectivity index (χ1n) is 7.69. The summed E-state index contributed by atoms with van der Waals surface area (Å²) in [5.74, 6) is 2.37. The smallest absolute Gasteiger partial charge is 0.111 e. The Morgan fingerprint density at radius 3 is 2.57 bits per heavy atom. The van der Waals surface area contributed by atoms with Crippen molar-refractivity contribution < 1.29 is 0 Å². The highest BCUT2D eigenvalue weighted by Gasteiger charge is 2.20. The van der Waals surface area contributed by atoms with Gasteiger partial charge in [0.1, 0.15) is 5.82 Å². The minimum absolute atomic E-state index is 0.436. The molecule has 1 aromatic carbocycles. The van der Waals surface area contributed by atoms with Crippen LogP contribution in [0.3, 0.4) is 0 Å². The van der Waals surface area contributed by atoms with Crippen LogP contribution in [0.5, 0.6) is 0 Å². The number of aryl methyl sites for hydroxylation is 1. The second-order valence-corrected chi connectivity index (χ2v) is 6.75. The number of imidazole rings is 1. The molecule has 0 saturated heterocycles. The number of aromatic nitrogens is 2. The van der Waals surface area contributed by atoms with E-state index in [1.807, 2.05) is 6.07 Å². The van der Waals surface area contributed by atoms with E-state index in [0.717, 1.165) is 30.7 Å². The Labute approximate surface area is 132 Å². The Balaban J connectivity index is 2.50. The molecular formula is C17H26ClN3. The van der Waals surface area contributed by atoms with Gasteiger partial charge in [-0.1, -0.05) is 26.0 Å². The van der Waals surface area contributed by atoms with Crippen LogP contribution in [-0.2, 0) is 6.42 Å². The van der Waals surface area contributed by atoms with Gasteiger partial charge in [-0.25, -0.2) is 4.98 Å². The van der Waals surface area contributed by atoms with Gasteiger partial charge in [-0.15, -0.1) is 11.6 Å². The van der Waals surface area contributed by atoms with Gasteiger partial charge >= 0.3 is 0 Å². The highest BCUT2D eigenvalue weighted by molar-refractivity contribution is 6.17. The molecule has 1 aromatic heterocycles. The maximum absolute atomic E-state index is 5.99. The van der Waals surface area contributed by atoms with Gasteiger partial charge in [-0.2, -0.15) is 0 Å². The van der Waals surface area contributed by atoms with E-state index in [9.17, 15) is 0 Å². The fourth-order valence-electron chi connectivity index (χ4n) is 2.99. The molecule has 116 valence electrons. The van der Waals surface area contributed by atoms with Gasteiger partial charge in [0.25, 0.3) is 0 Å². The number of benzene rings is 1. The van der Waals surface area contributed by atoms with Gasteiger partial charge in [-0.05, 0) is 38.6 Å².